The van der Waals surface area contributed by atoms with Crippen LogP contribution in [-0.4, -0.2) is 65.2 Å². The molecule has 0 aromatic rings. The highest BCUT2D eigenvalue weighted by Gasteiger charge is 2.80. The maximum atomic E-state index is 17.8. The Bertz CT molecular complexity index is 1190. The normalized spacial score (nSPS) is 43.8. The van der Waals surface area contributed by atoms with Gasteiger partial charge in [-0.25, -0.2) is 4.39 Å². The zero-order valence-electron chi connectivity index (χ0n) is 23.1. The van der Waals surface area contributed by atoms with Gasteiger partial charge in [-0.3, -0.25) is 9.59 Å². The summed E-state index contributed by atoms with van der Waals surface area (Å²) in [5, 5.41) is 22.0. The minimum Gasteiger partial charge on any atom is -0.497 e. The van der Waals surface area contributed by atoms with Gasteiger partial charge < -0.3 is 24.1 Å². The van der Waals surface area contributed by atoms with Crippen molar-refractivity contribution >= 4 is 23.4 Å². The molecule has 1 heterocycles. The summed E-state index contributed by atoms with van der Waals surface area (Å²) in [4.78, 5) is 25.4. The molecular weight excluding hydrogens is 529 g/mol. The molecule has 0 spiro atoms. The molecular formula is C29H37ClFNO7. The first-order chi connectivity index (χ1) is 18.2. The van der Waals surface area contributed by atoms with Gasteiger partial charge in [-0.1, -0.05) is 13.8 Å². The number of aliphatic hydroxyl groups excluding tert-OH is 1. The smallest absolute Gasteiger partial charge is 0.303 e. The molecule has 0 amide bonds. The molecule has 1 N–H and O–H groups in total. The molecule has 0 aromatic carbocycles. The maximum Gasteiger partial charge on any atom is 0.303 e. The summed E-state index contributed by atoms with van der Waals surface area (Å²) in [5.41, 5.74) is -4.74. The van der Waals surface area contributed by atoms with E-state index in [2.05, 4.69) is 6.07 Å². The number of halogens is 2. The summed E-state index contributed by atoms with van der Waals surface area (Å²) in [6, 6.07) is 2.31. The second kappa shape index (κ2) is 9.27. The van der Waals surface area contributed by atoms with Gasteiger partial charge in [0, 0.05) is 35.7 Å². The fourth-order valence-corrected chi connectivity index (χ4v) is 8.78. The molecule has 5 aliphatic rings. The Morgan fingerprint density at radius 1 is 1.28 bits per heavy atom. The predicted octanol–water partition coefficient (Wildman–Crippen LogP) is 4.29. The van der Waals surface area contributed by atoms with Crippen LogP contribution in [0.2, 0.25) is 0 Å². The van der Waals surface area contributed by atoms with E-state index in [1.54, 1.807) is 26.8 Å². The third-order valence-corrected chi connectivity index (χ3v) is 10.4. The lowest BCUT2D eigenvalue weighted by molar-refractivity contribution is -0.248. The van der Waals surface area contributed by atoms with Crippen LogP contribution in [0.15, 0.2) is 23.0 Å². The van der Waals surface area contributed by atoms with Crippen LogP contribution >= 0.6 is 11.6 Å². The Hall–Kier alpha value is -1.99. The SMILES string of the molecule is CC(=O)OCC(=O)[C@@]12OC(C)(C)O[C@@H]1C[C@H]1C3CC(C#N)=C4C=C(OCCCl)CC[C@]4(C)[C@@]3(F)[C@@H](O)C[C@@]12C. The lowest BCUT2D eigenvalue weighted by Crippen LogP contribution is -2.70. The van der Waals surface area contributed by atoms with E-state index < -0.39 is 70.3 Å². The van der Waals surface area contributed by atoms with Crippen LogP contribution in [0, 0.1) is 34.0 Å². The zero-order chi connectivity index (χ0) is 28.6. The molecule has 0 radical (unpaired) electrons. The van der Waals surface area contributed by atoms with Crippen molar-refractivity contribution in [1.29, 1.82) is 5.26 Å². The third kappa shape index (κ3) is 3.78. The van der Waals surface area contributed by atoms with E-state index in [1.807, 2.05) is 6.92 Å². The van der Waals surface area contributed by atoms with Crippen molar-refractivity contribution in [3.8, 4) is 6.07 Å². The van der Waals surface area contributed by atoms with Crippen LogP contribution in [0.3, 0.4) is 0 Å². The first-order valence-electron chi connectivity index (χ1n) is 13.6. The first-order valence-corrected chi connectivity index (χ1v) is 14.2. The number of fused-ring (bicyclic) bond motifs is 7. The van der Waals surface area contributed by atoms with Crippen LogP contribution < -0.4 is 0 Å². The highest BCUT2D eigenvalue weighted by molar-refractivity contribution is 6.17. The van der Waals surface area contributed by atoms with Gasteiger partial charge in [0.15, 0.2) is 18.0 Å². The number of rotatable bonds is 6. The molecule has 1 saturated heterocycles. The fourth-order valence-electron chi connectivity index (χ4n) is 8.70. The van der Waals surface area contributed by atoms with E-state index in [4.69, 9.17) is 30.5 Å². The number of nitriles is 1. The lowest BCUT2D eigenvalue weighted by atomic mass is 9.44. The average Bonchev–Trinajstić information content (AvgIpc) is 3.27. The van der Waals surface area contributed by atoms with Crippen LogP contribution in [0.1, 0.15) is 66.7 Å². The molecule has 214 valence electrons. The van der Waals surface area contributed by atoms with Crippen molar-refractivity contribution in [3.63, 3.8) is 0 Å². The Morgan fingerprint density at radius 2 is 2.00 bits per heavy atom. The van der Waals surface area contributed by atoms with Gasteiger partial charge in [-0.2, -0.15) is 5.26 Å². The van der Waals surface area contributed by atoms with Crippen molar-refractivity contribution in [3.05, 3.63) is 23.0 Å². The Morgan fingerprint density at radius 3 is 2.64 bits per heavy atom. The number of esters is 1. The summed E-state index contributed by atoms with van der Waals surface area (Å²) >= 11 is 5.79. The number of carbonyl (C=O) groups is 2. The van der Waals surface area contributed by atoms with Gasteiger partial charge in [0.05, 0.1) is 29.9 Å². The van der Waals surface area contributed by atoms with E-state index in [-0.39, 0.29) is 12.8 Å². The second-order valence-corrected chi connectivity index (χ2v) is 13.0. The van der Waals surface area contributed by atoms with Gasteiger partial charge in [-0.05, 0) is 57.1 Å². The number of aliphatic hydroxyl groups is 1. The Balaban J connectivity index is 1.61. The van der Waals surface area contributed by atoms with Gasteiger partial charge in [0.2, 0.25) is 5.78 Å². The van der Waals surface area contributed by atoms with Gasteiger partial charge in [0.1, 0.15) is 12.3 Å². The monoisotopic (exact) mass is 565 g/mol. The third-order valence-electron chi connectivity index (χ3n) is 10.2. The highest BCUT2D eigenvalue weighted by Crippen LogP contribution is 2.73. The summed E-state index contributed by atoms with van der Waals surface area (Å²) in [7, 11) is 0. The number of carbonyl (C=O) groups excluding carboxylic acids is 2. The zero-order valence-corrected chi connectivity index (χ0v) is 23.9. The Labute approximate surface area is 233 Å². The lowest BCUT2D eigenvalue weighted by Gasteiger charge is -2.63. The van der Waals surface area contributed by atoms with Crippen LogP contribution in [-0.2, 0) is 28.5 Å². The van der Waals surface area contributed by atoms with Crippen molar-refractivity contribution in [2.24, 2.45) is 22.7 Å². The number of hydrogen-bond donors (Lipinski definition) is 1. The first kappa shape index (κ1) is 28.5. The van der Waals surface area contributed by atoms with Crippen LogP contribution in [0.4, 0.5) is 4.39 Å². The molecule has 0 aromatic heterocycles. The van der Waals surface area contributed by atoms with Crippen molar-refractivity contribution < 1.29 is 38.0 Å². The minimum atomic E-state index is -2.06. The van der Waals surface area contributed by atoms with Crippen molar-refractivity contribution in [2.75, 3.05) is 19.1 Å². The molecule has 39 heavy (non-hydrogen) atoms. The van der Waals surface area contributed by atoms with E-state index in [9.17, 15) is 20.0 Å². The van der Waals surface area contributed by atoms with E-state index in [1.165, 1.54) is 6.92 Å². The topological polar surface area (TPSA) is 115 Å². The number of ether oxygens (including phenoxy) is 4. The molecule has 0 bridgehead atoms. The van der Waals surface area contributed by atoms with E-state index in [0.29, 0.717) is 48.7 Å². The van der Waals surface area contributed by atoms with Crippen molar-refractivity contribution in [1.82, 2.24) is 0 Å². The number of hydrogen-bond acceptors (Lipinski definition) is 8. The summed E-state index contributed by atoms with van der Waals surface area (Å²) < 4.78 is 41.3. The largest absolute Gasteiger partial charge is 0.497 e. The molecule has 1 aliphatic heterocycles. The summed E-state index contributed by atoms with van der Waals surface area (Å²) in [6.45, 7) is 8.10. The fraction of sp³-hybridized carbons (Fsp3) is 0.759. The number of alkyl halides is 2. The number of nitrogens with zero attached hydrogens (tertiary/aromatic N) is 1. The average molecular weight is 566 g/mol. The van der Waals surface area contributed by atoms with Gasteiger partial charge >= 0.3 is 5.97 Å². The van der Waals surface area contributed by atoms with Gasteiger partial charge in [-0.15, -0.1) is 11.6 Å². The van der Waals surface area contributed by atoms with Crippen LogP contribution in [0.5, 0.6) is 0 Å². The summed E-state index contributed by atoms with van der Waals surface area (Å²) in [6.07, 6.45) is 0.798. The second-order valence-electron chi connectivity index (χ2n) is 12.6. The molecule has 2 saturated carbocycles. The predicted molar refractivity (Wildman–Crippen MR) is 138 cm³/mol. The molecule has 5 rings (SSSR count). The van der Waals surface area contributed by atoms with Crippen molar-refractivity contribution in [2.45, 2.75) is 96.0 Å². The number of allylic oxidation sites excluding steroid dienone is 4. The number of Topliss-reactive ketones (excluding diaryl/α,β-unsaturated/α-hetero) is 1. The standard InChI is InChI=1S/C29H37ClFNO7/c1-16(33)37-15-23(35)29-24(38-25(2,3)39-29)12-20-21-10-17(14-32)19-11-18(36-9-8-30)6-7-26(19,4)28(21,31)22(34)13-27(20,29)5/h11,20-22,24,34H,6-10,12-13,15H2,1-5H3/t20-,21?,22-,24+,26-,27-,28-,29+/m0/s1. The van der Waals surface area contributed by atoms with E-state index in [0.717, 1.165) is 0 Å². The van der Waals surface area contributed by atoms with Gasteiger partial charge in [0.25, 0.3) is 0 Å². The maximum absolute atomic E-state index is 17.8. The molecule has 8 nitrogen and oxygen atoms in total. The summed E-state index contributed by atoms with van der Waals surface area (Å²) in [5.74, 6) is -2.39. The quantitative estimate of drug-likeness (QED) is 0.375. The van der Waals surface area contributed by atoms with E-state index >= 15 is 4.39 Å². The molecule has 8 atom stereocenters. The number of ketones is 1. The molecule has 1 unspecified atom stereocenters. The molecule has 3 fully saturated rings. The molecule has 4 aliphatic carbocycles. The highest BCUT2D eigenvalue weighted by atomic mass is 35.5. The minimum absolute atomic E-state index is 0.0451. The van der Waals surface area contributed by atoms with Crippen LogP contribution in [0.25, 0.3) is 0 Å². The Kier molecular flexibility index (Phi) is 6.78. The molecule has 10 heteroatoms.